The third-order valence-electron chi connectivity index (χ3n) is 3.57. The van der Waals surface area contributed by atoms with E-state index in [9.17, 15) is 5.11 Å². The van der Waals surface area contributed by atoms with Crippen molar-refractivity contribution in [2.24, 2.45) is 5.92 Å². The molecule has 0 spiro atoms. The van der Waals surface area contributed by atoms with Crippen LogP contribution in [-0.4, -0.2) is 32.4 Å². The van der Waals surface area contributed by atoms with Crippen LogP contribution < -0.4 is 11.5 Å². The first-order valence-corrected chi connectivity index (χ1v) is 6.27. The number of aliphatic hydroxyl groups is 1. The van der Waals surface area contributed by atoms with E-state index in [1.165, 1.54) is 0 Å². The van der Waals surface area contributed by atoms with Gasteiger partial charge in [-0.25, -0.2) is 4.52 Å². The fraction of sp³-hybridized carbons (Fsp3) is 0.500. The fourth-order valence-electron chi connectivity index (χ4n) is 2.69. The molecule has 0 aromatic carbocycles. The molecule has 0 radical (unpaired) electrons. The topological polar surface area (TPSA) is 112 Å². The molecular formula is C12H17N5O2. The number of nitrogen functional groups attached to an aromatic ring is 2. The van der Waals surface area contributed by atoms with Crippen LogP contribution in [0.15, 0.2) is 12.1 Å². The molecule has 3 rings (SSSR count). The number of anilines is 2. The van der Waals surface area contributed by atoms with E-state index in [0.717, 1.165) is 12.1 Å². The first-order chi connectivity index (χ1) is 9.10. The van der Waals surface area contributed by atoms with E-state index in [2.05, 4.69) is 17.0 Å². The molecule has 0 bridgehead atoms. The standard InChI is InChI=1S/C12H17N5O2/c1-6-4-7(5-18)19-10(6)8-2-3-9-11(13)15-12(14)16-17(8)9/h2-3,6-7,10,18H,4-5H2,1H3,(H4,13,14,15,16)/t6-,7-,10+/m0/s1. The first kappa shape index (κ1) is 12.2. The Morgan fingerprint density at radius 3 is 2.95 bits per heavy atom. The summed E-state index contributed by atoms with van der Waals surface area (Å²) in [6.45, 7) is 2.12. The minimum absolute atomic E-state index is 0.0312. The molecule has 0 aliphatic carbocycles. The van der Waals surface area contributed by atoms with Gasteiger partial charge in [-0.15, -0.1) is 5.10 Å². The van der Waals surface area contributed by atoms with Crippen LogP contribution in [0.2, 0.25) is 0 Å². The summed E-state index contributed by atoms with van der Waals surface area (Å²) in [6.07, 6.45) is 0.584. The normalized spacial score (nSPS) is 27.2. The zero-order valence-corrected chi connectivity index (χ0v) is 10.7. The number of rotatable bonds is 2. The lowest BCUT2D eigenvalue weighted by molar-refractivity contribution is 0.00258. The summed E-state index contributed by atoms with van der Waals surface area (Å²) in [5.74, 6) is 0.780. The molecule has 7 heteroatoms. The molecule has 0 unspecified atom stereocenters. The minimum atomic E-state index is -0.123. The van der Waals surface area contributed by atoms with Gasteiger partial charge in [-0.3, -0.25) is 0 Å². The quantitative estimate of drug-likeness (QED) is 0.721. The fourth-order valence-corrected chi connectivity index (χ4v) is 2.69. The lowest BCUT2D eigenvalue weighted by Gasteiger charge is -2.15. The van der Waals surface area contributed by atoms with E-state index in [0.29, 0.717) is 17.3 Å². The molecule has 0 saturated carbocycles. The highest BCUT2D eigenvalue weighted by molar-refractivity contribution is 5.66. The Morgan fingerprint density at radius 1 is 1.47 bits per heavy atom. The van der Waals surface area contributed by atoms with Crippen molar-refractivity contribution in [3.63, 3.8) is 0 Å². The SMILES string of the molecule is C[C@H]1C[C@@H](CO)O[C@H]1c1ccc2c(N)nc(N)nn12. The number of nitrogens with two attached hydrogens (primary N) is 2. The van der Waals surface area contributed by atoms with Crippen molar-refractivity contribution in [3.05, 3.63) is 17.8 Å². The first-order valence-electron chi connectivity index (χ1n) is 6.27. The van der Waals surface area contributed by atoms with Crippen molar-refractivity contribution in [1.82, 2.24) is 14.6 Å². The van der Waals surface area contributed by atoms with E-state index in [1.54, 1.807) is 4.52 Å². The molecule has 1 aliphatic rings. The van der Waals surface area contributed by atoms with E-state index < -0.39 is 0 Å². The van der Waals surface area contributed by atoms with Crippen molar-refractivity contribution in [2.75, 3.05) is 18.1 Å². The molecule has 1 fully saturated rings. The van der Waals surface area contributed by atoms with Crippen LogP contribution in [0.3, 0.4) is 0 Å². The van der Waals surface area contributed by atoms with Crippen LogP contribution in [0.1, 0.15) is 25.1 Å². The summed E-state index contributed by atoms with van der Waals surface area (Å²) in [5, 5.41) is 13.4. The van der Waals surface area contributed by atoms with Gasteiger partial charge in [0.15, 0.2) is 5.82 Å². The lowest BCUT2D eigenvalue weighted by atomic mass is 10.00. The van der Waals surface area contributed by atoms with Crippen LogP contribution in [0.4, 0.5) is 11.8 Å². The minimum Gasteiger partial charge on any atom is -0.394 e. The predicted molar refractivity (Wildman–Crippen MR) is 70.3 cm³/mol. The summed E-state index contributed by atoms with van der Waals surface area (Å²) in [6, 6.07) is 3.77. The maximum absolute atomic E-state index is 9.20. The Bertz CT molecular complexity index is 611. The maximum Gasteiger partial charge on any atom is 0.240 e. The number of hydrogen-bond donors (Lipinski definition) is 3. The molecule has 3 atom stereocenters. The van der Waals surface area contributed by atoms with Crippen molar-refractivity contribution in [3.8, 4) is 0 Å². The molecule has 0 amide bonds. The molecule has 3 heterocycles. The summed E-state index contributed by atoms with van der Waals surface area (Å²) >= 11 is 0. The summed E-state index contributed by atoms with van der Waals surface area (Å²) in [5.41, 5.74) is 13.1. The van der Waals surface area contributed by atoms with Crippen molar-refractivity contribution in [2.45, 2.75) is 25.6 Å². The van der Waals surface area contributed by atoms with Gasteiger partial charge in [-0.2, -0.15) is 4.98 Å². The van der Waals surface area contributed by atoms with Crippen LogP contribution in [0, 0.1) is 5.92 Å². The maximum atomic E-state index is 9.20. The van der Waals surface area contributed by atoms with Gasteiger partial charge in [0.2, 0.25) is 5.95 Å². The summed E-state index contributed by atoms with van der Waals surface area (Å²) in [7, 11) is 0. The summed E-state index contributed by atoms with van der Waals surface area (Å²) in [4.78, 5) is 3.93. The highest BCUT2D eigenvalue weighted by Gasteiger charge is 2.34. The second kappa shape index (κ2) is 4.36. The van der Waals surface area contributed by atoms with Crippen LogP contribution in [0.25, 0.3) is 5.52 Å². The number of aromatic nitrogens is 3. The highest BCUT2D eigenvalue weighted by atomic mass is 16.5. The predicted octanol–water partition coefficient (Wildman–Crippen LogP) is 0.352. The van der Waals surface area contributed by atoms with Gasteiger partial charge in [0, 0.05) is 0 Å². The molecule has 102 valence electrons. The second-order valence-corrected chi connectivity index (χ2v) is 4.98. The average Bonchev–Trinajstić information content (AvgIpc) is 2.92. The van der Waals surface area contributed by atoms with Crippen LogP contribution >= 0.6 is 0 Å². The van der Waals surface area contributed by atoms with Gasteiger partial charge in [0.1, 0.15) is 11.6 Å². The van der Waals surface area contributed by atoms with E-state index in [1.807, 2.05) is 12.1 Å². The van der Waals surface area contributed by atoms with Gasteiger partial charge >= 0.3 is 0 Å². The molecule has 7 nitrogen and oxygen atoms in total. The molecule has 1 aliphatic heterocycles. The number of fused-ring (bicyclic) bond motifs is 1. The lowest BCUT2D eigenvalue weighted by Crippen LogP contribution is -2.14. The van der Waals surface area contributed by atoms with Crippen molar-refractivity contribution < 1.29 is 9.84 Å². The Morgan fingerprint density at radius 2 is 2.26 bits per heavy atom. The van der Waals surface area contributed by atoms with Crippen molar-refractivity contribution in [1.29, 1.82) is 0 Å². The van der Waals surface area contributed by atoms with E-state index in [-0.39, 0.29) is 24.8 Å². The zero-order chi connectivity index (χ0) is 13.6. The monoisotopic (exact) mass is 263 g/mol. The molecule has 2 aromatic rings. The Kier molecular flexibility index (Phi) is 2.79. The number of ether oxygens (including phenoxy) is 1. The number of aliphatic hydroxyl groups excluding tert-OH is 1. The molecule has 5 N–H and O–H groups in total. The zero-order valence-electron chi connectivity index (χ0n) is 10.7. The third-order valence-corrected chi connectivity index (χ3v) is 3.57. The van der Waals surface area contributed by atoms with Gasteiger partial charge in [0.25, 0.3) is 0 Å². The third kappa shape index (κ3) is 1.91. The van der Waals surface area contributed by atoms with Gasteiger partial charge < -0.3 is 21.3 Å². The largest absolute Gasteiger partial charge is 0.394 e. The Labute approximate surface area is 110 Å². The smallest absolute Gasteiger partial charge is 0.240 e. The van der Waals surface area contributed by atoms with E-state index >= 15 is 0 Å². The number of hydrogen-bond acceptors (Lipinski definition) is 6. The summed E-state index contributed by atoms with van der Waals surface area (Å²) < 4.78 is 7.52. The number of nitrogens with zero attached hydrogens (tertiary/aromatic N) is 3. The molecule has 2 aromatic heterocycles. The van der Waals surface area contributed by atoms with Gasteiger partial charge in [-0.1, -0.05) is 6.92 Å². The molecule has 19 heavy (non-hydrogen) atoms. The Hall–Kier alpha value is -1.86. The second-order valence-electron chi connectivity index (χ2n) is 4.98. The molecular weight excluding hydrogens is 246 g/mol. The van der Waals surface area contributed by atoms with Crippen molar-refractivity contribution >= 4 is 17.3 Å². The molecule has 1 saturated heterocycles. The Balaban J connectivity index is 2.06. The van der Waals surface area contributed by atoms with E-state index in [4.69, 9.17) is 16.2 Å². The van der Waals surface area contributed by atoms with Crippen LogP contribution in [0.5, 0.6) is 0 Å². The van der Waals surface area contributed by atoms with Gasteiger partial charge in [0.05, 0.1) is 18.4 Å². The average molecular weight is 263 g/mol. The van der Waals surface area contributed by atoms with Gasteiger partial charge in [-0.05, 0) is 24.5 Å². The highest BCUT2D eigenvalue weighted by Crippen LogP contribution is 2.38. The van der Waals surface area contributed by atoms with Crippen LogP contribution in [-0.2, 0) is 4.74 Å².